The van der Waals surface area contributed by atoms with Crippen LogP contribution >= 0.6 is 11.8 Å². The van der Waals surface area contributed by atoms with Crippen LogP contribution in [0.3, 0.4) is 0 Å². The highest BCUT2D eigenvalue weighted by Gasteiger charge is 2.65. The lowest BCUT2D eigenvalue weighted by atomic mass is 9.80. The predicted molar refractivity (Wildman–Crippen MR) is 93.2 cm³/mol. The molecule has 3 aliphatic rings. The summed E-state index contributed by atoms with van der Waals surface area (Å²) in [6.07, 6.45) is -0.834. The Morgan fingerprint density at radius 1 is 1.42 bits per heavy atom. The monoisotopic (exact) mass is 370 g/mol. The first kappa shape index (κ1) is 17.7. The van der Waals surface area contributed by atoms with Crippen molar-refractivity contribution in [3.8, 4) is 0 Å². The number of hydrogen-bond donors (Lipinski definition) is 2. The summed E-state index contributed by atoms with van der Waals surface area (Å²) in [5.41, 5.74) is 1.05. The molecule has 1 amide bonds. The molecule has 8 heteroatoms. The van der Waals surface area contributed by atoms with Crippen LogP contribution in [0.2, 0.25) is 0 Å². The van der Waals surface area contributed by atoms with E-state index in [4.69, 9.17) is 12.6 Å². The number of fused-ring (bicyclic) bond motifs is 1. The third-order valence-electron chi connectivity index (χ3n) is 5.89. The molecule has 3 rings (SSSR count). The number of carboxylic acid groups (broad SMARTS) is 1. The molecule has 132 valence electrons. The van der Waals surface area contributed by atoms with Gasteiger partial charge in [0.2, 0.25) is 5.91 Å². The van der Waals surface area contributed by atoms with Gasteiger partial charge in [0.1, 0.15) is 28.9 Å². The summed E-state index contributed by atoms with van der Waals surface area (Å²) in [7, 11) is 2.05. The highest BCUT2D eigenvalue weighted by atomic mass is 32.2. The molecule has 4 unspecified atom stereocenters. The van der Waals surface area contributed by atoms with E-state index >= 15 is 0 Å². The van der Waals surface area contributed by atoms with Gasteiger partial charge >= 0.3 is 5.97 Å². The average molecular weight is 370 g/mol. The topological polar surface area (TPSA) is 77.8 Å². The molecule has 0 aliphatic carbocycles. The van der Waals surface area contributed by atoms with Crippen molar-refractivity contribution >= 4 is 36.3 Å². The second-order valence-corrected chi connectivity index (χ2v) is 8.90. The number of rotatable bonds is 3. The van der Waals surface area contributed by atoms with Gasteiger partial charge in [0.15, 0.2) is 0 Å². The number of nitrogens with zero attached hydrogens (tertiary/aromatic N) is 2. The van der Waals surface area contributed by atoms with E-state index in [-0.39, 0.29) is 23.0 Å². The second kappa shape index (κ2) is 5.45. The number of allylic oxidation sites excluding steroid dienone is 2. The number of carbonyl (C=O) groups excluding carboxylic acids is 1. The summed E-state index contributed by atoms with van der Waals surface area (Å²) in [5.74, 6) is -2.12. The lowest BCUT2D eigenvalue weighted by Crippen LogP contribution is -2.70. The molecule has 0 aromatic heterocycles. The zero-order valence-corrected chi connectivity index (χ0v) is 15.9. The van der Waals surface area contributed by atoms with Gasteiger partial charge in [-0.3, -0.25) is 14.2 Å². The summed E-state index contributed by atoms with van der Waals surface area (Å²) < 4.78 is 0.476. The van der Waals surface area contributed by atoms with Gasteiger partial charge in [-0.2, -0.15) is 0 Å². The molecule has 6 atom stereocenters. The van der Waals surface area contributed by atoms with Crippen LogP contribution in [0.1, 0.15) is 27.7 Å². The predicted octanol–water partition coefficient (Wildman–Crippen LogP) is 1.21. The molecular formula is C16H22N2O4S2. The number of likely N-dealkylation sites (N-methyl/N-ethyl adjacent to an activating group) is 1. The third kappa shape index (κ3) is 1.97. The Kier molecular flexibility index (Phi) is 4.03. The van der Waals surface area contributed by atoms with Gasteiger partial charge in [-0.05, 0) is 20.8 Å². The first-order chi connectivity index (χ1) is 11.0. The largest absolute Gasteiger partial charge is 0.776 e. The standard InChI is InChI=1S/C16H22N2O4S2/c1-6-8(3)24-9(4)18(6,5)13-11-10(7(2)19)15(20)17(11)12(14(13)23)16(21)22/h7,9-11,13,19H,1-5H3,(H-,21,22,23)/t7-,9?,10+,11?,13?,18?/m1/s1. The minimum atomic E-state index is -1.17. The summed E-state index contributed by atoms with van der Waals surface area (Å²) in [4.78, 5) is 27.0. The van der Waals surface area contributed by atoms with E-state index in [2.05, 4.69) is 13.8 Å². The normalized spacial score (nSPS) is 40.1. The smallest absolute Gasteiger partial charge is 0.350 e. The van der Waals surface area contributed by atoms with Gasteiger partial charge in [0.05, 0.1) is 19.1 Å². The zero-order chi connectivity index (χ0) is 18.1. The van der Waals surface area contributed by atoms with Crippen molar-refractivity contribution in [1.82, 2.24) is 4.90 Å². The van der Waals surface area contributed by atoms with Gasteiger partial charge < -0.3 is 22.8 Å². The Morgan fingerprint density at radius 2 is 2.00 bits per heavy atom. The van der Waals surface area contributed by atoms with Crippen molar-refractivity contribution in [2.75, 3.05) is 7.05 Å². The van der Waals surface area contributed by atoms with Crippen LogP contribution in [0.4, 0.5) is 0 Å². The van der Waals surface area contributed by atoms with Crippen molar-refractivity contribution in [2.24, 2.45) is 5.92 Å². The molecule has 2 N–H and O–H groups in total. The summed E-state index contributed by atoms with van der Waals surface area (Å²) in [5, 5.41) is 19.8. The van der Waals surface area contributed by atoms with Crippen molar-refractivity contribution in [1.29, 1.82) is 0 Å². The van der Waals surface area contributed by atoms with Crippen LogP contribution in [-0.2, 0) is 22.2 Å². The van der Waals surface area contributed by atoms with Gasteiger partial charge in [-0.1, -0.05) is 11.8 Å². The summed E-state index contributed by atoms with van der Waals surface area (Å²) in [6, 6.07) is -0.728. The van der Waals surface area contributed by atoms with Crippen molar-refractivity contribution < 1.29 is 24.3 Å². The van der Waals surface area contributed by atoms with E-state index in [1.807, 2.05) is 14.0 Å². The molecule has 3 heterocycles. The number of carboxylic acids is 1. The average Bonchev–Trinajstić information content (AvgIpc) is 2.84. The number of aliphatic hydroxyl groups excluding tert-OH is 1. The molecule has 6 nitrogen and oxygen atoms in total. The Labute approximate surface area is 151 Å². The highest BCUT2D eigenvalue weighted by molar-refractivity contribution is 8.03. The minimum Gasteiger partial charge on any atom is -0.776 e. The molecule has 1 saturated heterocycles. The number of thioether (sulfide) groups is 1. The fourth-order valence-corrected chi connectivity index (χ4v) is 6.23. The molecule has 1 fully saturated rings. The van der Waals surface area contributed by atoms with E-state index in [1.54, 1.807) is 18.7 Å². The Hall–Kier alpha value is -1.09. The third-order valence-corrected chi connectivity index (χ3v) is 7.75. The van der Waals surface area contributed by atoms with Crippen LogP contribution < -0.4 is 0 Å². The molecule has 0 aromatic rings. The maximum atomic E-state index is 12.4. The van der Waals surface area contributed by atoms with Crippen LogP contribution in [0.25, 0.3) is 0 Å². The zero-order valence-electron chi connectivity index (χ0n) is 14.3. The van der Waals surface area contributed by atoms with Gasteiger partial charge in [0.25, 0.3) is 0 Å². The number of hydrogen-bond acceptors (Lipinski definition) is 5. The lowest BCUT2D eigenvalue weighted by Gasteiger charge is -2.52. The molecule has 3 aliphatic heterocycles. The van der Waals surface area contributed by atoms with E-state index in [1.165, 1.54) is 9.81 Å². The molecule has 24 heavy (non-hydrogen) atoms. The van der Waals surface area contributed by atoms with Gasteiger partial charge in [0, 0.05) is 11.8 Å². The van der Waals surface area contributed by atoms with Gasteiger partial charge in [-0.25, -0.2) is 4.79 Å². The first-order valence-corrected chi connectivity index (χ1v) is 9.20. The number of aliphatic hydroxyl groups is 1. The number of amides is 1. The molecule has 0 spiro atoms. The van der Waals surface area contributed by atoms with E-state index in [0.717, 1.165) is 5.70 Å². The van der Waals surface area contributed by atoms with Crippen LogP contribution in [0.15, 0.2) is 21.2 Å². The maximum Gasteiger partial charge on any atom is 0.350 e. The Balaban J connectivity index is 2.16. The van der Waals surface area contributed by atoms with Gasteiger partial charge in [-0.15, -0.1) is 4.91 Å². The van der Waals surface area contributed by atoms with Crippen molar-refractivity contribution in [3.63, 3.8) is 0 Å². The van der Waals surface area contributed by atoms with Crippen LogP contribution in [0.5, 0.6) is 0 Å². The second-order valence-electron chi connectivity index (χ2n) is 6.93. The van der Waals surface area contributed by atoms with Crippen molar-refractivity contribution in [3.05, 3.63) is 21.2 Å². The fraction of sp³-hybridized carbons (Fsp3) is 0.625. The molecule has 0 bridgehead atoms. The van der Waals surface area contributed by atoms with E-state index < -0.39 is 24.0 Å². The highest BCUT2D eigenvalue weighted by Crippen LogP contribution is 2.53. The molecule has 0 aromatic carbocycles. The first-order valence-electron chi connectivity index (χ1n) is 7.91. The molecule has 0 saturated carbocycles. The van der Waals surface area contributed by atoms with Crippen molar-refractivity contribution in [2.45, 2.75) is 51.3 Å². The lowest BCUT2D eigenvalue weighted by molar-refractivity contribution is -0.899. The Bertz CT molecular complexity index is 702. The summed E-state index contributed by atoms with van der Waals surface area (Å²) >= 11 is 7.28. The maximum absolute atomic E-state index is 12.4. The Morgan fingerprint density at radius 3 is 2.42 bits per heavy atom. The minimum absolute atomic E-state index is 0.0872. The number of β-lactam (4-membered cyclic amide) rings is 1. The SMILES string of the molecule is CC1=C(C)[N+](C)(C2C([S-])=C(C(=O)O)N3C(=O)[C@@H]([C@@H](C)O)C23)C(C)S1. The van der Waals surface area contributed by atoms with Crippen LogP contribution in [-0.4, -0.2) is 62.1 Å². The number of carbonyl (C=O) groups is 2. The number of quaternary nitrogens is 1. The number of aliphatic carboxylic acids is 1. The molecular weight excluding hydrogens is 348 g/mol. The fourth-order valence-electron chi connectivity index (χ4n) is 4.30. The van der Waals surface area contributed by atoms with E-state index in [9.17, 15) is 19.8 Å². The van der Waals surface area contributed by atoms with Crippen LogP contribution in [0, 0.1) is 5.92 Å². The molecule has 0 radical (unpaired) electrons. The quantitative estimate of drug-likeness (QED) is 0.442. The van der Waals surface area contributed by atoms with E-state index in [0.29, 0.717) is 9.39 Å². The summed E-state index contributed by atoms with van der Waals surface area (Å²) in [6.45, 7) is 7.76.